The number of benzene rings is 1. The molecule has 118 valence electrons. The van der Waals surface area contributed by atoms with Crippen molar-refractivity contribution in [1.29, 1.82) is 0 Å². The largest absolute Gasteiger partial charge is 0.496 e. The number of methoxy groups -OCH3 is 1. The lowest BCUT2D eigenvalue weighted by molar-refractivity contribution is -0.138. The molecule has 0 amide bonds. The van der Waals surface area contributed by atoms with Gasteiger partial charge >= 0.3 is 5.97 Å². The van der Waals surface area contributed by atoms with E-state index in [1.807, 2.05) is 0 Å². The molecule has 0 saturated carbocycles. The van der Waals surface area contributed by atoms with Gasteiger partial charge in [-0.15, -0.1) is 0 Å². The summed E-state index contributed by atoms with van der Waals surface area (Å²) in [5.74, 6) is -0.702. The molecule has 0 radical (unpaired) electrons. The van der Waals surface area contributed by atoms with Crippen LogP contribution in [0.3, 0.4) is 0 Å². The maximum atomic E-state index is 12.0. The summed E-state index contributed by atoms with van der Waals surface area (Å²) in [5.41, 5.74) is 5.95. The minimum atomic E-state index is -3.83. The number of nitrogens with two attached hydrogens (primary N) is 1. The fraction of sp³-hybridized carbons (Fsp3) is 0.417. The predicted molar refractivity (Wildman–Crippen MR) is 77.0 cm³/mol. The Hall–Kier alpha value is -1.68. The quantitative estimate of drug-likeness (QED) is 0.587. The van der Waals surface area contributed by atoms with E-state index in [0.29, 0.717) is 11.3 Å². The molecular weight excluding hydrogens is 298 g/mol. The van der Waals surface area contributed by atoms with Crippen LogP contribution < -0.4 is 15.2 Å². The molecular formula is C12H19N3O5S. The molecule has 1 rings (SSSR count). The van der Waals surface area contributed by atoms with Gasteiger partial charge in [0.2, 0.25) is 0 Å². The number of aliphatic carboxylic acids is 1. The van der Waals surface area contributed by atoms with Crippen LogP contribution >= 0.6 is 0 Å². The molecule has 1 aromatic carbocycles. The van der Waals surface area contributed by atoms with Gasteiger partial charge in [-0.2, -0.15) is 17.4 Å². The van der Waals surface area contributed by atoms with E-state index in [1.165, 1.54) is 14.2 Å². The molecule has 0 spiro atoms. The van der Waals surface area contributed by atoms with Gasteiger partial charge in [-0.05, 0) is 6.07 Å². The van der Waals surface area contributed by atoms with Crippen molar-refractivity contribution in [3.8, 4) is 5.75 Å². The van der Waals surface area contributed by atoms with Crippen molar-refractivity contribution < 1.29 is 23.1 Å². The van der Waals surface area contributed by atoms with Crippen LogP contribution in [-0.4, -0.2) is 50.5 Å². The number of hydrogen-bond donors (Lipinski definition) is 3. The molecule has 0 aromatic heterocycles. The van der Waals surface area contributed by atoms with Gasteiger partial charge in [-0.3, -0.25) is 4.79 Å². The Balaban J connectivity index is 2.73. The van der Waals surface area contributed by atoms with E-state index < -0.39 is 22.2 Å². The van der Waals surface area contributed by atoms with Crippen molar-refractivity contribution in [2.75, 3.05) is 20.7 Å². The van der Waals surface area contributed by atoms with Crippen LogP contribution in [0.1, 0.15) is 5.56 Å². The summed E-state index contributed by atoms with van der Waals surface area (Å²) >= 11 is 0. The molecule has 21 heavy (non-hydrogen) atoms. The molecule has 0 aliphatic carbocycles. The van der Waals surface area contributed by atoms with Gasteiger partial charge < -0.3 is 15.6 Å². The highest BCUT2D eigenvalue weighted by Crippen LogP contribution is 2.19. The number of nitrogens with one attached hydrogen (secondary N) is 1. The van der Waals surface area contributed by atoms with Crippen molar-refractivity contribution in [2.45, 2.75) is 12.6 Å². The Kier molecular flexibility index (Phi) is 6.09. The highest BCUT2D eigenvalue weighted by molar-refractivity contribution is 7.87. The van der Waals surface area contributed by atoms with E-state index in [-0.39, 0.29) is 13.1 Å². The zero-order valence-electron chi connectivity index (χ0n) is 11.8. The molecule has 0 aliphatic rings. The summed E-state index contributed by atoms with van der Waals surface area (Å²) in [4.78, 5) is 10.6. The molecule has 0 heterocycles. The first-order valence-corrected chi connectivity index (χ1v) is 7.53. The number of ether oxygens (including phenoxy) is 1. The number of hydrogen-bond acceptors (Lipinski definition) is 5. The third-order valence-electron chi connectivity index (χ3n) is 2.80. The Labute approximate surface area is 123 Å². The molecule has 1 atom stereocenters. The van der Waals surface area contributed by atoms with Crippen LogP contribution in [0.2, 0.25) is 0 Å². The van der Waals surface area contributed by atoms with Crippen molar-refractivity contribution in [1.82, 2.24) is 9.03 Å². The minimum absolute atomic E-state index is 0.0850. The van der Waals surface area contributed by atoms with Gasteiger partial charge in [0.25, 0.3) is 10.2 Å². The van der Waals surface area contributed by atoms with Crippen molar-refractivity contribution in [2.24, 2.45) is 5.73 Å². The average molecular weight is 317 g/mol. The zero-order valence-corrected chi connectivity index (χ0v) is 12.6. The van der Waals surface area contributed by atoms with Crippen LogP contribution in [0.25, 0.3) is 0 Å². The third-order valence-corrected chi connectivity index (χ3v) is 4.28. The lowest BCUT2D eigenvalue weighted by Crippen LogP contribution is -2.46. The third kappa shape index (κ3) is 4.97. The number of carboxylic acid groups (broad SMARTS) is 1. The van der Waals surface area contributed by atoms with E-state index in [1.54, 1.807) is 24.3 Å². The molecule has 0 fully saturated rings. The van der Waals surface area contributed by atoms with Crippen LogP contribution in [-0.2, 0) is 21.5 Å². The van der Waals surface area contributed by atoms with Crippen LogP contribution in [0.4, 0.5) is 0 Å². The van der Waals surface area contributed by atoms with Gasteiger partial charge in [0.1, 0.15) is 11.8 Å². The second kappa shape index (κ2) is 7.36. The van der Waals surface area contributed by atoms with Crippen molar-refractivity contribution in [3.63, 3.8) is 0 Å². The molecule has 1 aromatic rings. The summed E-state index contributed by atoms with van der Waals surface area (Å²) in [6.45, 7) is -0.296. The highest BCUT2D eigenvalue weighted by Gasteiger charge is 2.21. The second-order valence-electron chi connectivity index (χ2n) is 4.37. The lowest BCUT2D eigenvalue weighted by Gasteiger charge is -2.19. The molecule has 0 bridgehead atoms. The Morgan fingerprint density at radius 3 is 2.67 bits per heavy atom. The SMILES string of the molecule is COc1ccccc1CN(C)S(=O)(=O)NC[C@H](N)C(=O)O. The Morgan fingerprint density at radius 1 is 1.48 bits per heavy atom. The van der Waals surface area contributed by atoms with Gasteiger partial charge in [0, 0.05) is 25.7 Å². The number of carbonyl (C=O) groups is 1. The standard InChI is InChI=1S/C12H19N3O5S/c1-15(8-9-5-3-4-6-11(9)20-2)21(18,19)14-7-10(13)12(16)17/h3-6,10,14H,7-8,13H2,1-2H3,(H,16,17)/t10-/m0/s1. The Morgan fingerprint density at radius 2 is 2.10 bits per heavy atom. The summed E-state index contributed by atoms with van der Waals surface area (Å²) in [6.07, 6.45) is 0. The summed E-state index contributed by atoms with van der Waals surface area (Å²) in [7, 11) is -0.954. The summed E-state index contributed by atoms with van der Waals surface area (Å²) in [5, 5.41) is 8.63. The highest BCUT2D eigenvalue weighted by atomic mass is 32.2. The molecule has 0 aliphatic heterocycles. The molecule has 9 heteroatoms. The van der Waals surface area contributed by atoms with E-state index in [9.17, 15) is 13.2 Å². The van der Waals surface area contributed by atoms with Crippen LogP contribution in [0.15, 0.2) is 24.3 Å². The molecule has 0 unspecified atom stereocenters. The van der Waals surface area contributed by atoms with Gasteiger partial charge in [-0.25, -0.2) is 0 Å². The minimum Gasteiger partial charge on any atom is -0.496 e. The van der Waals surface area contributed by atoms with Crippen LogP contribution in [0.5, 0.6) is 5.75 Å². The zero-order chi connectivity index (χ0) is 16.0. The first kappa shape index (κ1) is 17.4. The van der Waals surface area contributed by atoms with E-state index in [0.717, 1.165) is 4.31 Å². The Bertz CT molecular complexity index is 590. The summed E-state index contributed by atoms with van der Waals surface area (Å²) in [6, 6.07) is 5.73. The number of para-hydroxylation sites is 1. The van der Waals surface area contributed by atoms with E-state index >= 15 is 0 Å². The fourth-order valence-electron chi connectivity index (χ4n) is 1.55. The fourth-order valence-corrected chi connectivity index (χ4v) is 2.47. The second-order valence-corrected chi connectivity index (χ2v) is 6.23. The maximum Gasteiger partial charge on any atom is 0.321 e. The molecule has 0 saturated heterocycles. The molecule has 8 nitrogen and oxygen atoms in total. The first-order valence-electron chi connectivity index (χ1n) is 6.09. The van der Waals surface area contributed by atoms with Crippen molar-refractivity contribution in [3.05, 3.63) is 29.8 Å². The number of nitrogens with zero attached hydrogens (tertiary/aromatic N) is 1. The van der Waals surface area contributed by atoms with Gasteiger partial charge in [0.15, 0.2) is 0 Å². The number of rotatable bonds is 8. The normalized spacial score (nSPS) is 13.1. The maximum absolute atomic E-state index is 12.0. The molecule has 4 N–H and O–H groups in total. The van der Waals surface area contributed by atoms with Gasteiger partial charge in [-0.1, -0.05) is 18.2 Å². The smallest absolute Gasteiger partial charge is 0.321 e. The predicted octanol–water partition coefficient (Wildman–Crippen LogP) is -0.627. The van der Waals surface area contributed by atoms with E-state index in [2.05, 4.69) is 4.72 Å². The average Bonchev–Trinajstić information content (AvgIpc) is 2.45. The number of carboxylic acids is 1. The lowest BCUT2D eigenvalue weighted by atomic mass is 10.2. The summed E-state index contributed by atoms with van der Waals surface area (Å²) < 4.78 is 32.3. The van der Waals surface area contributed by atoms with Gasteiger partial charge in [0.05, 0.1) is 7.11 Å². The monoisotopic (exact) mass is 317 g/mol. The van der Waals surface area contributed by atoms with Crippen molar-refractivity contribution >= 4 is 16.2 Å². The topological polar surface area (TPSA) is 122 Å². The van der Waals surface area contributed by atoms with E-state index in [4.69, 9.17) is 15.6 Å². The first-order chi connectivity index (χ1) is 9.77. The van der Waals surface area contributed by atoms with Crippen LogP contribution in [0, 0.1) is 0 Å².